The Labute approximate surface area is 119 Å². The summed E-state index contributed by atoms with van der Waals surface area (Å²) in [7, 11) is 3.47. The zero-order valence-electron chi connectivity index (χ0n) is 12.1. The quantitative estimate of drug-likeness (QED) is 0.271. The highest BCUT2D eigenvalue weighted by atomic mass is 16.2. The second-order valence-corrected chi connectivity index (χ2v) is 4.39. The summed E-state index contributed by atoms with van der Waals surface area (Å²) < 4.78 is 0. The number of amides is 2. The van der Waals surface area contributed by atoms with Crippen LogP contribution in [0.2, 0.25) is 0 Å². The van der Waals surface area contributed by atoms with Crippen molar-refractivity contribution in [1.29, 1.82) is 0 Å². The highest BCUT2D eigenvalue weighted by Crippen LogP contribution is 2.12. The molecular formula is C13H24N4O3. The van der Waals surface area contributed by atoms with E-state index < -0.39 is 0 Å². The number of hydrogen-bond donors (Lipinski definition) is 4. The van der Waals surface area contributed by atoms with Crippen molar-refractivity contribution in [3.05, 3.63) is 12.2 Å². The molecule has 0 heterocycles. The number of carbonyl (C=O) groups is 3. The summed E-state index contributed by atoms with van der Waals surface area (Å²) in [5.74, 6) is -0.541. The first kappa shape index (κ1) is 18.3. The Kier molecular flexibility index (Phi) is 10.2. The predicted molar refractivity (Wildman–Crippen MR) is 77.2 cm³/mol. The summed E-state index contributed by atoms with van der Waals surface area (Å²) >= 11 is 0. The number of rotatable bonds is 11. The molecule has 114 valence electrons. The van der Waals surface area contributed by atoms with E-state index in [9.17, 15) is 14.4 Å². The monoisotopic (exact) mass is 284 g/mol. The van der Waals surface area contributed by atoms with E-state index in [0.717, 1.165) is 5.57 Å². The normalized spacial score (nSPS) is 11.5. The van der Waals surface area contributed by atoms with Crippen LogP contribution >= 0.6 is 0 Å². The molecule has 0 aliphatic heterocycles. The number of likely N-dealkylation sites (N-methyl/N-ethyl adjacent to an activating group) is 2. The lowest BCUT2D eigenvalue weighted by molar-refractivity contribution is -0.124. The van der Waals surface area contributed by atoms with Gasteiger partial charge in [-0.05, 0) is 14.1 Å². The third-order valence-electron chi connectivity index (χ3n) is 2.68. The summed E-state index contributed by atoms with van der Waals surface area (Å²) in [5.41, 5.74) is 0.832. The maximum absolute atomic E-state index is 11.6. The first-order chi connectivity index (χ1) is 9.54. The lowest BCUT2D eigenvalue weighted by Crippen LogP contribution is -2.38. The predicted octanol–water partition coefficient (Wildman–Crippen LogP) is -1.58. The van der Waals surface area contributed by atoms with E-state index >= 15 is 0 Å². The number of hydrogen-bond acceptors (Lipinski definition) is 5. The molecule has 2 amide bonds. The fraction of sp³-hybridized carbons (Fsp3) is 0.615. The topological polar surface area (TPSA) is 99.3 Å². The minimum Gasteiger partial charge on any atom is -0.354 e. The van der Waals surface area contributed by atoms with Crippen LogP contribution < -0.4 is 21.3 Å². The van der Waals surface area contributed by atoms with Crippen LogP contribution in [0.5, 0.6) is 0 Å². The Morgan fingerprint density at radius 3 is 2.30 bits per heavy atom. The largest absolute Gasteiger partial charge is 0.354 e. The van der Waals surface area contributed by atoms with Crippen LogP contribution in [0, 0.1) is 5.92 Å². The zero-order chi connectivity index (χ0) is 15.4. The Morgan fingerprint density at radius 2 is 1.75 bits per heavy atom. The summed E-state index contributed by atoms with van der Waals surface area (Å²) in [6.45, 7) is 5.05. The van der Waals surface area contributed by atoms with E-state index in [1.54, 1.807) is 14.1 Å². The van der Waals surface area contributed by atoms with Crippen molar-refractivity contribution < 1.29 is 14.4 Å². The van der Waals surface area contributed by atoms with Crippen molar-refractivity contribution in [2.45, 2.75) is 6.42 Å². The third kappa shape index (κ3) is 8.39. The van der Waals surface area contributed by atoms with Crippen molar-refractivity contribution in [3.63, 3.8) is 0 Å². The molecule has 1 atom stereocenters. The molecule has 0 saturated heterocycles. The lowest BCUT2D eigenvalue weighted by Gasteiger charge is -2.19. The molecule has 20 heavy (non-hydrogen) atoms. The Balaban J connectivity index is 4.40. The SMILES string of the molecule is C=C(CNC)C(CNC(=O)CNC)CC(=O)NCC=O. The number of carbonyl (C=O) groups excluding carboxylic acids is 3. The van der Waals surface area contributed by atoms with Crippen molar-refractivity contribution in [2.75, 3.05) is 40.3 Å². The van der Waals surface area contributed by atoms with Gasteiger partial charge >= 0.3 is 0 Å². The highest BCUT2D eigenvalue weighted by Gasteiger charge is 2.17. The molecule has 7 heteroatoms. The maximum Gasteiger partial charge on any atom is 0.233 e. The van der Waals surface area contributed by atoms with Gasteiger partial charge in [0.1, 0.15) is 6.29 Å². The van der Waals surface area contributed by atoms with Gasteiger partial charge in [-0.15, -0.1) is 0 Å². The van der Waals surface area contributed by atoms with Gasteiger partial charge in [0.25, 0.3) is 0 Å². The lowest BCUT2D eigenvalue weighted by atomic mass is 9.96. The maximum atomic E-state index is 11.6. The van der Waals surface area contributed by atoms with Crippen molar-refractivity contribution in [1.82, 2.24) is 21.3 Å². The average molecular weight is 284 g/mol. The standard InChI is InChI=1S/C13H24N4O3/c1-10(7-14-2)11(6-12(19)16-4-5-18)8-17-13(20)9-15-3/h5,11,14-15H,1,4,6-9H2,2-3H3,(H,16,19)(H,17,20). The summed E-state index contributed by atoms with van der Waals surface area (Å²) in [6.07, 6.45) is 0.818. The fourth-order valence-electron chi connectivity index (χ4n) is 1.64. The van der Waals surface area contributed by atoms with E-state index in [-0.39, 0.29) is 37.2 Å². The third-order valence-corrected chi connectivity index (χ3v) is 2.68. The molecule has 4 N–H and O–H groups in total. The van der Waals surface area contributed by atoms with E-state index in [0.29, 0.717) is 19.4 Å². The van der Waals surface area contributed by atoms with Gasteiger partial charge in [-0.2, -0.15) is 0 Å². The average Bonchev–Trinajstić information content (AvgIpc) is 2.41. The first-order valence-electron chi connectivity index (χ1n) is 6.49. The van der Waals surface area contributed by atoms with Crippen LogP contribution in [-0.2, 0) is 14.4 Å². The molecule has 0 radical (unpaired) electrons. The Morgan fingerprint density at radius 1 is 1.10 bits per heavy atom. The van der Waals surface area contributed by atoms with Gasteiger partial charge in [0, 0.05) is 25.4 Å². The molecule has 0 aromatic carbocycles. The molecule has 0 aliphatic rings. The molecule has 0 spiro atoms. The summed E-state index contributed by atoms with van der Waals surface area (Å²) in [6, 6.07) is 0. The van der Waals surface area contributed by atoms with E-state index in [4.69, 9.17) is 0 Å². The molecule has 0 bridgehead atoms. The molecule has 0 aromatic rings. The minimum atomic E-state index is -0.234. The summed E-state index contributed by atoms with van der Waals surface area (Å²) in [5, 5.41) is 10.9. The molecule has 1 unspecified atom stereocenters. The van der Waals surface area contributed by atoms with E-state index in [1.807, 2.05) is 0 Å². The molecule has 0 saturated carbocycles. The van der Waals surface area contributed by atoms with Gasteiger partial charge in [0.15, 0.2) is 0 Å². The molecule has 0 aliphatic carbocycles. The molecule has 0 fully saturated rings. The van der Waals surface area contributed by atoms with Gasteiger partial charge in [0.05, 0.1) is 13.1 Å². The van der Waals surface area contributed by atoms with E-state index in [1.165, 1.54) is 0 Å². The van der Waals surface area contributed by atoms with Gasteiger partial charge in [0.2, 0.25) is 11.8 Å². The van der Waals surface area contributed by atoms with E-state index in [2.05, 4.69) is 27.8 Å². The fourth-order valence-corrected chi connectivity index (χ4v) is 1.64. The number of aldehydes is 1. The van der Waals surface area contributed by atoms with Crippen LogP contribution in [0.3, 0.4) is 0 Å². The second-order valence-electron chi connectivity index (χ2n) is 4.39. The van der Waals surface area contributed by atoms with Gasteiger partial charge in [-0.3, -0.25) is 9.59 Å². The zero-order valence-corrected chi connectivity index (χ0v) is 12.1. The number of nitrogens with one attached hydrogen (secondary N) is 4. The van der Waals surface area contributed by atoms with Crippen LogP contribution in [0.25, 0.3) is 0 Å². The van der Waals surface area contributed by atoms with Crippen LogP contribution in [-0.4, -0.2) is 58.4 Å². The molecule has 7 nitrogen and oxygen atoms in total. The summed E-state index contributed by atoms with van der Waals surface area (Å²) in [4.78, 5) is 33.3. The minimum absolute atomic E-state index is 0.00380. The van der Waals surface area contributed by atoms with Crippen molar-refractivity contribution in [3.8, 4) is 0 Å². The van der Waals surface area contributed by atoms with Gasteiger partial charge in [-0.1, -0.05) is 12.2 Å². The molecule has 0 rings (SSSR count). The van der Waals surface area contributed by atoms with Crippen molar-refractivity contribution in [2.24, 2.45) is 5.92 Å². The smallest absolute Gasteiger partial charge is 0.233 e. The highest BCUT2D eigenvalue weighted by molar-refractivity contribution is 5.79. The van der Waals surface area contributed by atoms with Crippen LogP contribution in [0.15, 0.2) is 12.2 Å². The van der Waals surface area contributed by atoms with Gasteiger partial charge in [-0.25, -0.2) is 0 Å². The van der Waals surface area contributed by atoms with Crippen LogP contribution in [0.1, 0.15) is 6.42 Å². The first-order valence-corrected chi connectivity index (χ1v) is 6.49. The van der Waals surface area contributed by atoms with Crippen LogP contribution in [0.4, 0.5) is 0 Å². The van der Waals surface area contributed by atoms with Crippen molar-refractivity contribution >= 4 is 18.1 Å². The van der Waals surface area contributed by atoms with Gasteiger partial charge < -0.3 is 26.1 Å². The molecular weight excluding hydrogens is 260 g/mol. The Bertz CT molecular complexity index is 345. The Hall–Kier alpha value is -1.73. The second kappa shape index (κ2) is 11.1. The molecule has 0 aromatic heterocycles.